The molecule has 4 N–H and O–H groups in total. The summed E-state index contributed by atoms with van der Waals surface area (Å²) in [5.74, 6) is -0.445. The number of anilines is 1. The number of aromatic amines is 2. The zero-order chi connectivity index (χ0) is 25.7. The van der Waals surface area contributed by atoms with Crippen molar-refractivity contribution in [3.8, 4) is 5.88 Å². The minimum Gasteiger partial charge on any atom is -0.453 e. The molecule has 0 radical (unpaired) electrons. The lowest BCUT2D eigenvalue weighted by Crippen LogP contribution is -2.39. The Hall–Kier alpha value is -3.45. The molecule has 1 aromatic carbocycles. The number of hydrogen-bond acceptors (Lipinski definition) is 9. The van der Waals surface area contributed by atoms with E-state index < -0.39 is 17.9 Å². The van der Waals surface area contributed by atoms with Crippen LogP contribution in [-0.2, 0) is 9.53 Å². The third kappa shape index (κ3) is 4.64. The second-order valence-corrected chi connectivity index (χ2v) is 9.69. The van der Waals surface area contributed by atoms with Crippen LogP contribution in [-0.4, -0.2) is 46.6 Å². The number of Topliss-reactive ketones (excluding diaryl/α,β-unsaturated/α-hetero) is 1. The predicted octanol–water partition coefficient (Wildman–Crippen LogP) is 5.37. The molecule has 0 aliphatic carbocycles. The Labute approximate surface area is 230 Å². The molecule has 1 atom stereocenters. The van der Waals surface area contributed by atoms with Gasteiger partial charge in [-0.15, -0.1) is 12.4 Å². The molecule has 14 heteroatoms. The van der Waals surface area contributed by atoms with Crippen LogP contribution in [0, 0.1) is 5.82 Å². The first kappa shape index (κ1) is 26.2. The number of carbonyl (C=O) groups excluding carboxylic acids is 2. The van der Waals surface area contributed by atoms with E-state index in [2.05, 4.69) is 25.6 Å². The average Bonchev–Trinajstić information content (AvgIpc) is 3.58. The molecule has 0 saturated heterocycles. The van der Waals surface area contributed by atoms with Gasteiger partial charge in [0.05, 0.1) is 35.1 Å². The maximum absolute atomic E-state index is 13.8. The lowest BCUT2D eigenvalue weighted by Gasteiger charge is -2.31. The van der Waals surface area contributed by atoms with E-state index in [4.69, 9.17) is 25.5 Å². The van der Waals surface area contributed by atoms with Crippen LogP contribution in [0.2, 0.25) is 5.02 Å². The fourth-order valence-corrected chi connectivity index (χ4v) is 5.40. The third-order valence-electron chi connectivity index (χ3n) is 6.00. The van der Waals surface area contributed by atoms with Gasteiger partial charge in [-0.05, 0) is 36.9 Å². The van der Waals surface area contributed by atoms with Crippen molar-refractivity contribution in [2.45, 2.75) is 23.1 Å². The number of rotatable bonds is 5. The Morgan fingerprint density at radius 3 is 2.97 bits per heavy atom. The van der Waals surface area contributed by atoms with Crippen molar-refractivity contribution in [3.63, 3.8) is 0 Å². The standard InChI is InChI=1S/C24H19ClFN5O5S.ClH/c1-2-34-24(33)36-22-21-10(7-28-22)19(20-15(29-21)8-27-9-16(20)32)17-3-4-18(35-17)37-23-30-13-5-11(25)12(26)6-14(13)31-23;/h3-7,19,27-29H,2,8-9H2,1H3,(H,30,31);1H. The topological polar surface area (TPSA) is 134 Å². The van der Waals surface area contributed by atoms with Crippen molar-refractivity contribution in [3.05, 3.63) is 63.9 Å². The van der Waals surface area contributed by atoms with Gasteiger partial charge < -0.3 is 34.5 Å². The molecule has 2 aliphatic heterocycles. The van der Waals surface area contributed by atoms with Crippen molar-refractivity contribution in [2.24, 2.45) is 0 Å². The highest BCUT2D eigenvalue weighted by Crippen LogP contribution is 2.47. The maximum Gasteiger partial charge on any atom is 0.515 e. The fraction of sp³-hybridized carbons (Fsp3) is 0.208. The zero-order valence-corrected chi connectivity index (χ0v) is 22.0. The molecule has 3 aromatic heterocycles. The molecule has 198 valence electrons. The minimum absolute atomic E-state index is 0. The highest BCUT2D eigenvalue weighted by atomic mass is 35.5. The molecule has 10 nitrogen and oxygen atoms in total. The molecule has 0 bridgehead atoms. The largest absolute Gasteiger partial charge is 0.515 e. The van der Waals surface area contributed by atoms with E-state index in [9.17, 15) is 14.0 Å². The van der Waals surface area contributed by atoms with Crippen molar-refractivity contribution in [1.29, 1.82) is 0 Å². The summed E-state index contributed by atoms with van der Waals surface area (Å²) in [6.45, 7) is 2.48. The van der Waals surface area contributed by atoms with Gasteiger partial charge >= 0.3 is 6.16 Å². The number of H-pyrrole nitrogens is 2. The molecule has 38 heavy (non-hydrogen) atoms. The Morgan fingerprint density at radius 1 is 1.32 bits per heavy atom. The van der Waals surface area contributed by atoms with Crippen molar-refractivity contribution in [1.82, 2.24) is 20.3 Å². The van der Waals surface area contributed by atoms with Crippen LogP contribution in [0.25, 0.3) is 11.0 Å². The Morgan fingerprint density at radius 2 is 2.16 bits per heavy atom. The molecule has 5 heterocycles. The number of aromatic nitrogens is 3. The van der Waals surface area contributed by atoms with Gasteiger partial charge in [-0.3, -0.25) is 4.79 Å². The van der Waals surface area contributed by atoms with Crippen LogP contribution in [0.4, 0.5) is 14.9 Å². The van der Waals surface area contributed by atoms with Crippen LogP contribution >= 0.6 is 35.8 Å². The van der Waals surface area contributed by atoms with Gasteiger partial charge in [0.1, 0.15) is 17.3 Å². The molecule has 4 aromatic rings. The van der Waals surface area contributed by atoms with Crippen LogP contribution in [0.3, 0.4) is 0 Å². The molecule has 0 spiro atoms. The normalized spacial score (nSPS) is 16.5. The lowest BCUT2D eigenvalue weighted by atomic mass is 9.82. The number of fused-ring (bicyclic) bond motifs is 2. The molecule has 1 unspecified atom stereocenters. The smallest absolute Gasteiger partial charge is 0.453 e. The number of furan rings is 1. The highest BCUT2D eigenvalue weighted by Gasteiger charge is 2.39. The van der Waals surface area contributed by atoms with Crippen LogP contribution < -0.4 is 15.4 Å². The average molecular weight is 580 g/mol. The predicted molar refractivity (Wildman–Crippen MR) is 140 cm³/mol. The summed E-state index contributed by atoms with van der Waals surface area (Å²) < 4.78 is 30.2. The number of halogens is 3. The summed E-state index contributed by atoms with van der Waals surface area (Å²) in [6, 6.07) is 6.31. The Bertz CT molecular complexity index is 1560. The van der Waals surface area contributed by atoms with Crippen LogP contribution in [0.5, 0.6) is 5.88 Å². The van der Waals surface area contributed by atoms with E-state index in [0.29, 0.717) is 56.1 Å². The summed E-state index contributed by atoms with van der Waals surface area (Å²) in [4.78, 5) is 35.3. The van der Waals surface area contributed by atoms with Gasteiger partial charge in [-0.25, -0.2) is 14.2 Å². The van der Waals surface area contributed by atoms with E-state index >= 15 is 0 Å². The van der Waals surface area contributed by atoms with E-state index in [1.54, 1.807) is 25.3 Å². The van der Waals surface area contributed by atoms with Gasteiger partial charge in [-0.1, -0.05) is 11.6 Å². The van der Waals surface area contributed by atoms with Gasteiger partial charge in [-0.2, -0.15) is 0 Å². The van der Waals surface area contributed by atoms with Crippen LogP contribution in [0.1, 0.15) is 24.2 Å². The van der Waals surface area contributed by atoms with Crippen molar-refractivity contribution >= 4 is 64.4 Å². The molecule has 0 fully saturated rings. The molecule has 0 amide bonds. The van der Waals surface area contributed by atoms with Gasteiger partial charge in [0.2, 0.25) is 5.88 Å². The first-order valence-electron chi connectivity index (χ1n) is 11.3. The monoisotopic (exact) mass is 579 g/mol. The SMILES string of the molecule is CCOC(=O)Oc1[nH]cc2c1NC1=C(C(=O)CNC1)C2c1ccc(Sc2nc3cc(F)c(Cl)cc3[nH]2)o1.Cl. The number of nitrogens with zero attached hydrogens (tertiary/aromatic N) is 1. The Kier molecular flexibility index (Phi) is 7.14. The first-order valence-corrected chi connectivity index (χ1v) is 12.5. The van der Waals surface area contributed by atoms with Crippen LogP contribution in [0.15, 0.2) is 56.4 Å². The second kappa shape index (κ2) is 10.4. The number of ketones is 1. The van der Waals surface area contributed by atoms with E-state index in [0.717, 1.165) is 0 Å². The lowest BCUT2D eigenvalue weighted by molar-refractivity contribution is -0.115. The van der Waals surface area contributed by atoms with Gasteiger partial charge in [0.25, 0.3) is 0 Å². The summed E-state index contributed by atoms with van der Waals surface area (Å²) >= 11 is 7.09. The zero-order valence-electron chi connectivity index (χ0n) is 19.6. The summed E-state index contributed by atoms with van der Waals surface area (Å²) in [7, 11) is 0. The van der Waals surface area contributed by atoms with E-state index in [1.165, 1.54) is 23.9 Å². The third-order valence-corrected chi connectivity index (χ3v) is 7.09. The quantitative estimate of drug-likeness (QED) is 0.230. The van der Waals surface area contributed by atoms with Gasteiger partial charge in [0.15, 0.2) is 16.0 Å². The van der Waals surface area contributed by atoms with Gasteiger partial charge in [0, 0.05) is 35.6 Å². The number of benzene rings is 1. The number of nitrogens with one attached hydrogen (secondary N) is 4. The molecule has 2 aliphatic rings. The molecule has 6 rings (SSSR count). The fourth-order valence-electron chi connectivity index (χ4n) is 4.46. The maximum atomic E-state index is 13.8. The summed E-state index contributed by atoms with van der Waals surface area (Å²) in [5.41, 5.74) is 3.50. The summed E-state index contributed by atoms with van der Waals surface area (Å²) in [6.07, 6.45) is 0.833. The molecular weight excluding hydrogens is 560 g/mol. The Balaban J connectivity index is 0.00000294. The van der Waals surface area contributed by atoms with E-state index in [-0.39, 0.29) is 42.2 Å². The number of hydrogen-bond donors (Lipinski definition) is 4. The second-order valence-electron chi connectivity index (χ2n) is 8.29. The minimum atomic E-state index is -0.841. The number of imidazole rings is 1. The van der Waals surface area contributed by atoms with Crippen molar-refractivity contribution in [2.75, 3.05) is 25.0 Å². The number of ether oxygens (including phenoxy) is 2. The molecule has 0 saturated carbocycles. The summed E-state index contributed by atoms with van der Waals surface area (Å²) in [5, 5.41) is 7.31. The number of carbonyl (C=O) groups is 2. The molecular formula is C24H20Cl2FN5O5S. The highest BCUT2D eigenvalue weighted by molar-refractivity contribution is 7.99. The van der Waals surface area contributed by atoms with Crippen molar-refractivity contribution < 1.29 is 27.9 Å². The van der Waals surface area contributed by atoms with E-state index in [1.807, 2.05) is 0 Å². The first-order chi connectivity index (χ1) is 17.9.